The smallest absolute Gasteiger partial charge is 0.325 e. The first-order chi connectivity index (χ1) is 12.5. The Morgan fingerprint density at radius 3 is 2.46 bits per heavy atom. The molecular formula is C19H21FN2O4. The van der Waals surface area contributed by atoms with Gasteiger partial charge in [-0.25, -0.2) is 4.39 Å². The molecule has 1 atom stereocenters. The molecule has 0 spiro atoms. The van der Waals surface area contributed by atoms with Crippen LogP contribution in [0.1, 0.15) is 11.6 Å². The number of anilines is 1. The molecule has 1 aliphatic rings. The maximum absolute atomic E-state index is 13.8. The van der Waals surface area contributed by atoms with Gasteiger partial charge in [-0.15, -0.1) is 0 Å². The fraction of sp³-hybridized carbons (Fsp3) is 0.316. The minimum Gasteiger partial charge on any atom is -0.506 e. The van der Waals surface area contributed by atoms with Crippen molar-refractivity contribution in [3.63, 3.8) is 0 Å². The fourth-order valence-electron chi connectivity index (χ4n) is 3.32. The Hall–Kier alpha value is -2.80. The van der Waals surface area contributed by atoms with Crippen molar-refractivity contribution in [3.8, 4) is 11.5 Å². The first kappa shape index (κ1) is 18.0. The van der Waals surface area contributed by atoms with E-state index in [4.69, 9.17) is 4.74 Å². The van der Waals surface area contributed by atoms with Crippen molar-refractivity contribution in [2.24, 2.45) is 0 Å². The first-order valence-corrected chi connectivity index (χ1v) is 8.34. The number of phenols is 1. The summed E-state index contributed by atoms with van der Waals surface area (Å²) in [6.07, 6.45) is 0. The van der Waals surface area contributed by atoms with Crippen molar-refractivity contribution in [2.75, 3.05) is 38.2 Å². The molecule has 1 fully saturated rings. The molecule has 0 bridgehead atoms. The summed E-state index contributed by atoms with van der Waals surface area (Å²) in [7, 11) is 1.42. The monoisotopic (exact) mass is 360 g/mol. The SMILES string of the molecule is COc1cc(F)cc([C@@H](C(=O)O)N2CCN(c3ccccc3O)CC2)c1. The van der Waals surface area contributed by atoms with Gasteiger partial charge in [0, 0.05) is 32.2 Å². The van der Waals surface area contributed by atoms with Crippen LogP contribution in [0.3, 0.4) is 0 Å². The van der Waals surface area contributed by atoms with Gasteiger partial charge in [-0.3, -0.25) is 9.69 Å². The van der Waals surface area contributed by atoms with E-state index in [0.717, 1.165) is 5.69 Å². The Kier molecular flexibility index (Phi) is 5.27. The predicted octanol–water partition coefficient (Wildman–Crippen LogP) is 2.49. The van der Waals surface area contributed by atoms with E-state index in [1.54, 1.807) is 23.1 Å². The zero-order valence-corrected chi connectivity index (χ0v) is 14.4. The number of carboxylic acid groups (broad SMARTS) is 1. The van der Waals surface area contributed by atoms with Gasteiger partial charge >= 0.3 is 5.97 Å². The molecule has 0 amide bonds. The van der Waals surface area contributed by atoms with Crippen LogP contribution in [0, 0.1) is 5.82 Å². The number of aromatic hydroxyl groups is 1. The molecule has 0 saturated carbocycles. The molecule has 2 aromatic carbocycles. The van der Waals surface area contributed by atoms with Crippen LogP contribution in [0.25, 0.3) is 0 Å². The Balaban J connectivity index is 1.78. The second-order valence-corrected chi connectivity index (χ2v) is 6.18. The number of piperazine rings is 1. The van der Waals surface area contributed by atoms with Crippen LogP contribution in [-0.4, -0.2) is 54.4 Å². The van der Waals surface area contributed by atoms with E-state index in [-0.39, 0.29) is 5.75 Å². The zero-order valence-electron chi connectivity index (χ0n) is 14.4. The van der Waals surface area contributed by atoms with Crippen LogP contribution in [0.4, 0.5) is 10.1 Å². The third kappa shape index (κ3) is 3.72. The van der Waals surface area contributed by atoms with Crippen LogP contribution < -0.4 is 9.64 Å². The highest BCUT2D eigenvalue weighted by molar-refractivity contribution is 5.76. The van der Waals surface area contributed by atoms with Crippen LogP contribution in [0.15, 0.2) is 42.5 Å². The van der Waals surface area contributed by atoms with E-state index in [1.165, 1.54) is 19.2 Å². The summed E-state index contributed by atoms with van der Waals surface area (Å²) in [5, 5.41) is 19.7. The van der Waals surface area contributed by atoms with E-state index < -0.39 is 17.8 Å². The van der Waals surface area contributed by atoms with Gasteiger partial charge in [-0.1, -0.05) is 12.1 Å². The number of methoxy groups -OCH3 is 1. The van der Waals surface area contributed by atoms with Crippen molar-refractivity contribution in [2.45, 2.75) is 6.04 Å². The Morgan fingerprint density at radius 1 is 1.15 bits per heavy atom. The van der Waals surface area contributed by atoms with Gasteiger partial charge in [-0.05, 0) is 29.8 Å². The van der Waals surface area contributed by atoms with Crippen molar-refractivity contribution >= 4 is 11.7 Å². The minimum atomic E-state index is -1.03. The number of phenolic OH excluding ortho intramolecular Hbond substituents is 1. The number of nitrogens with zero attached hydrogens (tertiary/aromatic N) is 2. The average Bonchev–Trinajstić information content (AvgIpc) is 2.62. The lowest BCUT2D eigenvalue weighted by atomic mass is 10.0. The molecule has 0 unspecified atom stereocenters. The van der Waals surface area contributed by atoms with E-state index >= 15 is 0 Å². The Morgan fingerprint density at radius 2 is 1.85 bits per heavy atom. The van der Waals surface area contributed by atoms with Gasteiger partial charge in [0.05, 0.1) is 12.8 Å². The molecule has 6 nitrogen and oxygen atoms in total. The highest BCUT2D eigenvalue weighted by Crippen LogP contribution is 2.30. The molecular weight excluding hydrogens is 339 g/mol. The molecule has 1 heterocycles. The number of halogens is 1. The van der Waals surface area contributed by atoms with Gasteiger partial charge in [-0.2, -0.15) is 0 Å². The van der Waals surface area contributed by atoms with Crippen molar-refractivity contribution in [1.82, 2.24) is 4.90 Å². The van der Waals surface area contributed by atoms with Gasteiger partial charge in [0.15, 0.2) is 0 Å². The summed E-state index contributed by atoms with van der Waals surface area (Å²) in [5.74, 6) is -1.07. The zero-order chi connectivity index (χ0) is 18.7. The predicted molar refractivity (Wildman–Crippen MR) is 95.2 cm³/mol. The minimum absolute atomic E-state index is 0.200. The molecule has 1 aliphatic heterocycles. The van der Waals surface area contributed by atoms with E-state index in [9.17, 15) is 19.4 Å². The van der Waals surface area contributed by atoms with Gasteiger partial charge in [0.25, 0.3) is 0 Å². The van der Waals surface area contributed by atoms with Crippen molar-refractivity contribution in [1.29, 1.82) is 0 Å². The molecule has 0 aliphatic carbocycles. The van der Waals surface area contributed by atoms with Crippen LogP contribution >= 0.6 is 0 Å². The number of ether oxygens (including phenoxy) is 1. The molecule has 1 saturated heterocycles. The summed E-state index contributed by atoms with van der Waals surface area (Å²) in [5.41, 5.74) is 1.08. The molecule has 0 radical (unpaired) electrons. The second kappa shape index (κ2) is 7.61. The van der Waals surface area contributed by atoms with Crippen LogP contribution in [0.5, 0.6) is 11.5 Å². The van der Waals surface area contributed by atoms with E-state index in [2.05, 4.69) is 0 Å². The lowest BCUT2D eigenvalue weighted by Gasteiger charge is -2.39. The standard InChI is InChI=1S/C19H21FN2O4/c1-26-15-11-13(10-14(20)12-15)18(19(24)25)22-8-6-21(7-9-22)16-4-2-3-5-17(16)23/h2-5,10-12,18,23H,6-9H2,1H3,(H,24,25)/t18-/m0/s1. The van der Waals surface area contributed by atoms with E-state index in [1.807, 2.05) is 17.0 Å². The lowest BCUT2D eigenvalue weighted by molar-refractivity contribution is -0.143. The van der Waals surface area contributed by atoms with Crippen LogP contribution in [-0.2, 0) is 4.79 Å². The molecule has 26 heavy (non-hydrogen) atoms. The number of aliphatic carboxylic acids is 1. The number of hydrogen-bond acceptors (Lipinski definition) is 5. The number of rotatable bonds is 5. The Labute approximate surface area is 151 Å². The maximum atomic E-state index is 13.8. The topological polar surface area (TPSA) is 73.2 Å². The molecule has 7 heteroatoms. The lowest BCUT2D eigenvalue weighted by Crippen LogP contribution is -2.49. The summed E-state index contributed by atoms with van der Waals surface area (Å²) < 4.78 is 18.9. The number of benzene rings is 2. The summed E-state index contributed by atoms with van der Waals surface area (Å²) in [6.45, 7) is 2.08. The number of para-hydroxylation sites is 2. The fourth-order valence-corrected chi connectivity index (χ4v) is 3.32. The molecule has 2 N–H and O–H groups in total. The number of carbonyl (C=O) groups is 1. The summed E-state index contributed by atoms with van der Waals surface area (Å²) in [6, 6.07) is 10.1. The van der Waals surface area contributed by atoms with Crippen molar-refractivity contribution < 1.29 is 24.1 Å². The molecule has 138 valence electrons. The summed E-state index contributed by atoms with van der Waals surface area (Å²) >= 11 is 0. The third-order valence-electron chi connectivity index (χ3n) is 4.58. The Bertz CT molecular complexity index is 791. The summed E-state index contributed by atoms with van der Waals surface area (Å²) in [4.78, 5) is 15.7. The second-order valence-electron chi connectivity index (χ2n) is 6.18. The average molecular weight is 360 g/mol. The molecule has 0 aromatic heterocycles. The normalized spacial score (nSPS) is 16.3. The quantitative estimate of drug-likeness (QED) is 0.854. The maximum Gasteiger partial charge on any atom is 0.325 e. The largest absolute Gasteiger partial charge is 0.506 e. The first-order valence-electron chi connectivity index (χ1n) is 8.34. The highest BCUT2D eigenvalue weighted by atomic mass is 19.1. The number of carboxylic acids is 1. The van der Waals surface area contributed by atoms with Gasteiger partial charge < -0.3 is 19.8 Å². The molecule has 2 aromatic rings. The molecule has 3 rings (SSSR count). The van der Waals surface area contributed by atoms with Crippen LogP contribution in [0.2, 0.25) is 0 Å². The third-order valence-corrected chi connectivity index (χ3v) is 4.58. The van der Waals surface area contributed by atoms with Gasteiger partial charge in [0.2, 0.25) is 0 Å². The van der Waals surface area contributed by atoms with Crippen molar-refractivity contribution in [3.05, 3.63) is 53.8 Å². The van der Waals surface area contributed by atoms with E-state index in [0.29, 0.717) is 37.5 Å². The van der Waals surface area contributed by atoms with Gasteiger partial charge in [0.1, 0.15) is 23.4 Å². The number of hydrogen-bond donors (Lipinski definition) is 2. The highest BCUT2D eigenvalue weighted by Gasteiger charge is 2.31.